The molecule has 0 spiro atoms. The Hall–Kier alpha value is -3.98. The molecule has 0 unspecified atom stereocenters. The molecule has 9 heteroatoms. The highest BCUT2D eigenvalue weighted by Crippen LogP contribution is 2.29. The van der Waals surface area contributed by atoms with E-state index in [2.05, 4.69) is 15.6 Å². The van der Waals surface area contributed by atoms with Crippen LogP contribution in [-0.4, -0.2) is 44.7 Å². The van der Waals surface area contributed by atoms with Crippen molar-refractivity contribution in [2.75, 3.05) is 18.4 Å². The van der Waals surface area contributed by atoms with Gasteiger partial charge in [0, 0.05) is 30.0 Å². The van der Waals surface area contributed by atoms with E-state index in [1.807, 2.05) is 78.6 Å². The van der Waals surface area contributed by atoms with Crippen LogP contribution in [0.1, 0.15) is 17.5 Å². The lowest BCUT2D eigenvalue weighted by Crippen LogP contribution is -2.37. The van der Waals surface area contributed by atoms with Crippen LogP contribution in [0.25, 0.3) is 22.5 Å². The van der Waals surface area contributed by atoms with Gasteiger partial charge < -0.3 is 10.2 Å². The number of rotatable bonds is 6. The Morgan fingerprint density at radius 2 is 1.74 bits per heavy atom. The van der Waals surface area contributed by atoms with E-state index in [0.29, 0.717) is 31.2 Å². The number of benzene rings is 2. The van der Waals surface area contributed by atoms with Crippen molar-refractivity contribution >= 4 is 28.4 Å². The third-order valence-electron chi connectivity index (χ3n) is 5.85. The van der Waals surface area contributed by atoms with E-state index in [1.165, 1.54) is 11.3 Å². The topological polar surface area (TPSA) is 92.2 Å². The van der Waals surface area contributed by atoms with E-state index in [0.717, 1.165) is 33.1 Å². The van der Waals surface area contributed by atoms with Crippen molar-refractivity contribution in [3.05, 3.63) is 77.3 Å². The first-order valence-corrected chi connectivity index (χ1v) is 12.4. The second-order valence-corrected chi connectivity index (χ2v) is 9.33. The summed E-state index contributed by atoms with van der Waals surface area (Å²) in [5.41, 5.74) is 4.71. The standard InChI is InChI=1S/C26H26N6O2S/c1-2-27-25(34)29-26-28-20-13-14-31(16-23(20)35-26)24(33)17-32-22(19-11-7-4-8-12-19)15-21(30-32)18-9-5-3-6-10-18/h3-12,15H,2,13-14,16-17H2,1H3,(H2,27,28,29,34). The largest absolute Gasteiger partial charge is 0.338 e. The quantitative estimate of drug-likeness (QED) is 0.423. The minimum Gasteiger partial charge on any atom is -0.338 e. The predicted octanol–water partition coefficient (Wildman–Crippen LogP) is 4.40. The van der Waals surface area contributed by atoms with Crippen molar-refractivity contribution in [3.63, 3.8) is 0 Å². The van der Waals surface area contributed by atoms with E-state index < -0.39 is 0 Å². The van der Waals surface area contributed by atoms with Gasteiger partial charge in [-0.05, 0) is 18.6 Å². The van der Waals surface area contributed by atoms with Crippen molar-refractivity contribution in [2.45, 2.75) is 26.4 Å². The average molecular weight is 487 g/mol. The minimum atomic E-state index is -0.270. The number of aromatic nitrogens is 3. The number of hydrogen-bond donors (Lipinski definition) is 2. The first-order chi connectivity index (χ1) is 17.1. The molecule has 0 atom stereocenters. The van der Waals surface area contributed by atoms with E-state index in [1.54, 1.807) is 4.68 Å². The predicted molar refractivity (Wildman–Crippen MR) is 137 cm³/mol. The number of urea groups is 1. The van der Waals surface area contributed by atoms with Crippen molar-refractivity contribution < 1.29 is 9.59 Å². The number of thiazole rings is 1. The second-order valence-electron chi connectivity index (χ2n) is 8.24. The molecule has 0 saturated heterocycles. The number of hydrogen-bond acceptors (Lipinski definition) is 5. The normalized spacial score (nSPS) is 12.8. The van der Waals surface area contributed by atoms with Gasteiger partial charge in [-0.15, -0.1) is 0 Å². The van der Waals surface area contributed by atoms with Crippen LogP contribution in [0.15, 0.2) is 66.7 Å². The summed E-state index contributed by atoms with van der Waals surface area (Å²) in [5.74, 6) is 0.00202. The van der Waals surface area contributed by atoms with Crippen molar-refractivity contribution in [1.29, 1.82) is 0 Å². The fraction of sp³-hybridized carbons (Fsp3) is 0.231. The Balaban J connectivity index is 1.35. The Labute approximate surface area is 207 Å². The third kappa shape index (κ3) is 5.09. The Bertz CT molecular complexity index is 1330. The molecule has 178 valence electrons. The summed E-state index contributed by atoms with van der Waals surface area (Å²) in [6, 6.07) is 21.7. The van der Waals surface area contributed by atoms with Gasteiger partial charge in [-0.3, -0.25) is 14.8 Å². The molecular weight excluding hydrogens is 460 g/mol. The maximum Gasteiger partial charge on any atom is 0.321 e. The Morgan fingerprint density at radius 1 is 1.03 bits per heavy atom. The molecule has 0 aliphatic carbocycles. The smallest absolute Gasteiger partial charge is 0.321 e. The number of carbonyl (C=O) groups excluding carboxylic acids is 2. The van der Waals surface area contributed by atoms with Crippen LogP contribution in [0, 0.1) is 0 Å². The van der Waals surface area contributed by atoms with Gasteiger partial charge in [-0.1, -0.05) is 72.0 Å². The molecular formula is C26H26N6O2S. The highest BCUT2D eigenvalue weighted by atomic mass is 32.1. The highest BCUT2D eigenvalue weighted by molar-refractivity contribution is 7.15. The molecule has 2 aromatic carbocycles. The number of anilines is 1. The molecule has 5 rings (SSSR count). The minimum absolute atomic E-state index is 0.00202. The maximum atomic E-state index is 13.3. The van der Waals surface area contributed by atoms with Gasteiger partial charge in [-0.25, -0.2) is 9.78 Å². The molecule has 8 nitrogen and oxygen atoms in total. The maximum absolute atomic E-state index is 13.3. The summed E-state index contributed by atoms with van der Waals surface area (Å²) >= 11 is 1.42. The van der Waals surface area contributed by atoms with Crippen LogP contribution in [0.2, 0.25) is 0 Å². The zero-order valence-corrected chi connectivity index (χ0v) is 20.2. The monoisotopic (exact) mass is 486 g/mol. The molecule has 3 amide bonds. The SMILES string of the molecule is CCNC(=O)Nc1nc2c(s1)CN(C(=O)Cn1nc(-c3ccccc3)cc1-c1ccccc1)CC2. The number of amides is 3. The van der Waals surface area contributed by atoms with Crippen LogP contribution < -0.4 is 10.6 Å². The zero-order valence-electron chi connectivity index (χ0n) is 19.4. The average Bonchev–Trinajstić information content (AvgIpc) is 3.48. The molecule has 0 fully saturated rings. The van der Waals surface area contributed by atoms with Crippen LogP contribution in [0.4, 0.5) is 9.93 Å². The third-order valence-corrected chi connectivity index (χ3v) is 6.84. The number of fused-ring (bicyclic) bond motifs is 1. The molecule has 0 radical (unpaired) electrons. The molecule has 4 aromatic rings. The Morgan fingerprint density at radius 3 is 2.46 bits per heavy atom. The van der Waals surface area contributed by atoms with E-state index >= 15 is 0 Å². The zero-order chi connectivity index (χ0) is 24.2. The van der Waals surface area contributed by atoms with Crippen LogP contribution in [0.5, 0.6) is 0 Å². The summed E-state index contributed by atoms with van der Waals surface area (Å²) in [7, 11) is 0. The molecule has 35 heavy (non-hydrogen) atoms. The first-order valence-electron chi connectivity index (χ1n) is 11.6. The highest BCUT2D eigenvalue weighted by Gasteiger charge is 2.26. The van der Waals surface area contributed by atoms with Crippen LogP contribution in [0.3, 0.4) is 0 Å². The number of nitrogens with one attached hydrogen (secondary N) is 2. The molecule has 1 aliphatic rings. The molecule has 3 heterocycles. The van der Waals surface area contributed by atoms with Gasteiger partial charge in [-0.2, -0.15) is 5.10 Å². The lowest BCUT2D eigenvalue weighted by atomic mass is 10.1. The van der Waals surface area contributed by atoms with Gasteiger partial charge >= 0.3 is 6.03 Å². The molecule has 2 aromatic heterocycles. The van der Waals surface area contributed by atoms with E-state index in [-0.39, 0.29) is 18.5 Å². The first kappa shape index (κ1) is 22.8. The molecule has 2 N–H and O–H groups in total. The molecule has 0 saturated carbocycles. The van der Waals surface area contributed by atoms with Crippen LogP contribution in [-0.2, 0) is 24.3 Å². The molecule has 0 bridgehead atoms. The summed E-state index contributed by atoms with van der Waals surface area (Å²) in [4.78, 5) is 32.6. The fourth-order valence-corrected chi connectivity index (χ4v) is 5.14. The lowest BCUT2D eigenvalue weighted by molar-refractivity contribution is -0.132. The molecule has 1 aliphatic heterocycles. The van der Waals surface area contributed by atoms with Gasteiger partial charge in [0.2, 0.25) is 5.91 Å². The number of nitrogens with zero attached hydrogens (tertiary/aromatic N) is 4. The summed E-state index contributed by atoms with van der Waals surface area (Å²) in [5, 5.41) is 10.8. The van der Waals surface area contributed by atoms with E-state index in [9.17, 15) is 9.59 Å². The van der Waals surface area contributed by atoms with Crippen LogP contribution >= 0.6 is 11.3 Å². The van der Waals surface area contributed by atoms with Crippen molar-refractivity contribution in [2.24, 2.45) is 0 Å². The van der Waals surface area contributed by atoms with Gasteiger partial charge in [0.05, 0.1) is 23.6 Å². The lowest BCUT2D eigenvalue weighted by Gasteiger charge is -2.26. The summed E-state index contributed by atoms with van der Waals surface area (Å²) in [6.07, 6.45) is 0.661. The Kier molecular flexibility index (Phi) is 6.58. The second kappa shape index (κ2) is 10.1. The summed E-state index contributed by atoms with van der Waals surface area (Å²) in [6.45, 7) is 3.63. The number of carbonyl (C=O) groups is 2. The van der Waals surface area contributed by atoms with Crippen molar-refractivity contribution in [3.8, 4) is 22.5 Å². The van der Waals surface area contributed by atoms with Crippen molar-refractivity contribution in [1.82, 2.24) is 25.0 Å². The van der Waals surface area contributed by atoms with Gasteiger partial charge in [0.25, 0.3) is 0 Å². The fourth-order valence-electron chi connectivity index (χ4n) is 4.12. The van der Waals surface area contributed by atoms with E-state index in [4.69, 9.17) is 5.10 Å². The van der Waals surface area contributed by atoms with Gasteiger partial charge in [0.1, 0.15) is 6.54 Å². The van der Waals surface area contributed by atoms with Gasteiger partial charge in [0.15, 0.2) is 5.13 Å². The summed E-state index contributed by atoms with van der Waals surface area (Å²) < 4.78 is 1.80.